The van der Waals surface area contributed by atoms with Gasteiger partial charge in [-0.05, 0) is 31.0 Å². The fraction of sp³-hybridized carbons (Fsp3) is 0.556. The molecule has 0 radical (unpaired) electrons. The Morgan fingerprint density at radius 1 is 1.35 bits per heavy atom. The summed E-state index contributed by atoms with van der Waals surface area (Å²) < 4.78 is 5.61. The maximum atomic E-state index is 12.6. The lowest BCUT2D eigenvalue weighted by atomic mass is 9.55. The van der Waals surface area contributed by atoms with Crippen molar-refractivity contribution in [1.82, 2.24) is 4.90 Å². The number of ether oxygens (including phenoxy) is 1. The second kappa shape index (κ2) is 5.96. The van der Waals surface area contributed by atoms with Gasteiger partial charge in [-0.2, -0.15) is 0 Å². The third-order valence-electron chi connectivity index (χ3n) is 5.62. The minimum atomic E-state index is -0.983. The summed E-state index contributed by atoms with van der Waals surface area (Å²) in [5.41, 5.74) is 0.562. The van der Waals surface area contributed by atoms with Gasteiger partial charge >= 0.3 is 5.97 Å². The van der Waals surface area contributed by atoms with E-state index in [-0.39, 0.29) is 34.9 Å². The molecule has 1 saturated carbocycles. The summed E-state index contributed by atoms with van der Waals surface area (Å²) in [6.07, 6.45) is 1.00. The molecule has 1 aromatic carbocycles. The smallest absolute Gasteiger partial charge is 0.335 e. The zero-order valence-electron chi connectivity index (χ0n) is 14.4. The molecule has 1 amide bonds. The minimum Gasteiger partial charge on any atom is -0.478 e. The second-order valence-corrected chi connectivity index (χ2v) is 7.06. The van der Waals surface area contributed by atoms with E-state index in [1.54, 1.807) is 30.2 Å². The van der Waals surface area contributed by atoms with Crippen LogP contribution in [0.3, 0.4) is 0 Å². The summed E-state index contributed by atoms with van der Waals surface area (Å²) in [6.45, 7) is 6.29. The topological polar surface area (TPSA) is 66.8 Å². The molecule has 2 atom stereocenters. The fourth-order valence-corrected chi connectivity index (χ4v) is 3.36. The number of benzene rings is 1. The number of amides is 1. The first-order valence-electron chi connectivity index (χ1n) is 7.75. The Morgan fingerprint density at radius 2 is 2.00 bits per heavy atom. The Balaban J connectivity index is 2.07. The standard InChI is InChI=1S/C18H25NO4/c1-17(2)14(11-18(17,3)23-5)19(4)15(20)10-12-7-6-8-13(9-12)16(21)22/h6-9,14H,10-11H2,1-5H3,(H,21,22). The lowest BCUT2D eigenvalue weighted by Crippen LogP contribution is -2.68. The largest absolute Gasteiger partial charge is 0.478 e. The average Bonchev–Trinajstić information content (AvgIpc) is 2.51. The van der Waals surface area contributed by atoms with Crippen LogP contribution in [0.2, 0.25) is 0 Å². The van der Waals surface area contributed by atoms with E-state index >= 15 is 0 Å². The van der Waals surface area contributed by atoms with Gasteiger partial charge in [-0.15, -0.1) is 0 Å². The van der Waals surface area contributed by atoms with Gasteiger partial charge in [-0.1, -0.05) is 26.0 Å². The van der Waals surface area contributed by atoms with Crippen LogP contribution in [0.15, 0.2) is 24.3 Å². The normalized spacial score (nSPS) is 25.5. The Morgan fingerprint density at radius 3 is 2.52 bits per heavy atom. The zero-order valence-corrected chi connectivity index (χ0v) is 14.4. The average molecular weight is 319 g/mol. The monoisotopic (exact) mass is 319 g/mol. The van der Waals surface area contributed by atoms with E-state index in [1.165, 1.54) is 6.07 Å². The van der Waals surface area contributed by atoms with Crippen LogP contribution < -0.4 is 0 Å². The first-order chi connectivity index (χ1) is 10.6. The maximum Gasteiger partial charge on any atom is 0.335 e. The van der Waals surface area contributed by atoms with Gasteiger partial charge in [0, 0.05) is 25.6 Å². The van der Waals surface area contributed by atoms with Crippen molar-refractivity contribution in [3.8, 4) is 0 Å². The van der Waals surface area contributed by atoms with E-state index in [4.69, 9.17) is 9.84 Å². The van der Waals surface area contributed by atoms with Crippen molar-refractivity contribution in [2.75, 3.05) is 14.2 Å². The van der Waals surface area contributed by atoms with Crippen molar-refractivity contribution in [3.63, 3.8) is 0 Å². The lowest BCUT2D eigenvalue weighted by Gasteiger charge is -2.61. The van der Waals surface area contributed by atoms with Gasteiger partial charge in [-0.25, -0.2) is 4.79 Å². The van der Waals surface area contributed by atoms with E-state index in [9.17, 15) is 9.59 Å². The van der Waals surface area contributed by atoms with E-state index < -0.39 is 5.97 Å². The molecule has 0 aromatic heterocycles. The molecule has 5 nitrogen and oxygen atoms in total. The molecule has 0 aliphatic heterocycles. The summed E-state index contributed by atoms with van der Waals surface area (Å²) in [7, 11) is 3.52. The molecule has 1 aliphatic carbocycles. The van der Waals surface area contributed by atoms with E-state index in [0.29, 0.717) is 5.56 Å². The molecule has 1 N–H and O–H groups in total. The second-order valence-electron chi connectivity index (χ2n) is 7.06. The quantitative estimate of drug-likeness (QED) is 0.906. The van der Waals surface area contributed by atoms with Crippen molar-refractivity contribution in [2.24, 2.45) is 5.41 Å². The van der Waals surface area contributed by atoms with Gasteiger partial charge in [0.2, 0.25) is 5.91 Å². The van der Waals surface area contributed by atoms with Crippen molar-refractivity contribution >= 4 is 11.9 Å². The highest BCUT2D eigenvalue weighted by atomic mass is 16.5. The molecule has 1 aliphatic rings. The van der Waals surface area contributed by atoms with Crippen LogP contribution >= 0.6 is 0 Å². The molecule has 0 saturated heterocycles. The molecule has 5 heteroatoms. The summed E-state index contributed by atoms with van der Waals surface area (Å²) in [5.74, 6) is -0.993. The number of carboxylic acid groups (broad SMARTS) is 1. The molecule has 2 rings (SSSR count). The van der Waals surface area contributed by atoms with Crippen molar-refractivity contribution in [1.29, 1.82) is 0 Å². The first kappa shape index (κ1) is 17.5. The van der Waals surface area contributed by atoms with Crippen LogP contribution in [0.1, 0.15) is 43.1 Å². The van der Waals surface area contributed by atoms with Crippen molar-refractivity contribution < 1.29 is 19.4 Å². The highest BCUT2D eigenvalue weighted by Crippen LogP contribution is 2.53. The Labute approximate surface area is 137 Å². The summed E-state index contributed by atoms with van der Waals surface area (Å²) in [4.78, 5) is 25.3. The van der Waals surface area contributed by atoms with Crippen LogP contribution in [-0.2, 0) is 16.0 Å². The molecule has 0 heterocycles. The number of methoxy groups -OCH3 is 1. The highest BCUT2D eigenvalue weighted by molar-refractivity contribution is 5.88. The molecular formula is C18H25NO4. The van der Waals surface area contributed by atoms with E-state index in [2.05, 4.69) is 20.8 Å². The van der Waals surface area contributed by atoms with Crippen LogP contribution in [0.25, 0.3) is 0 Å². The molecule has 1 aromatic rings. The Kier molecular flexibility index (Phi) is 4.53. The molecule has 23 heavy (non-hydrogen) atoms. The number of rotatable bonds is 5. The predicted octanol–water partition coefficient (Wildman–Crippen LogP) is 2.59. The molecule has 0 bridgehead atoms. The zero-order chi connectivity index (χ0) is 17.4. The van der Waals surface area contributed by atoms with Crippen LogP contribution in [0.5, 0.6) is 0 Å². The maximum absolute atomic E-state index is 12.6. The van der Waals surface area contributed by atoms with Gasteiger partial charge in [0.1, 0.15) is 0 Å². The lowest BCUT2D eigenvalue weighted by molar-refractivity contribution is -0.207. The minimum absolute atomic E-state index is 0.0104. The first-order valence-corrected chi connectivity index (χ1v) is 7.75. The number of hydrogen-bond donors (Lipinski definition) is 1. The molecule has 126 valence electrons. The third-order valence-corrected chi connectivity index (χ3v) is 5.62. The van der Waals surface area contributed by atoms with Gasteiger partial charge in [0.15, 0.2) is 0 Å². The van der Waals surface area contributed by atoms with E-state index in [1.807, 2.05) is 7.05 Å². The molecule has 1 fully saturated rings. The Bertz CT molecular complexity index is 625. The van der Waals surface area contributed by atoms with Crippen molar-refractivity contribution in [3.05, 3.63) is 35.4 Å². The fourth-order valence-electron chi connectivity index (χ4n) is 3.36. The van der Waals surface area contributed by atoms with Gasteiger partial charge in [-0.3, -0.25) is 4.79 Å². The third kappa shape index (κ3) is 2.98. The molecule has 0 spiro atoms. The predicted molar refractivity (Wildman–Crippen MR) is 87.5 cm³/mol. The van der Waals surface area contributed by atoms with Crippen LogP contribution in [0, 0.1) is 5.41 Å². The van der Waals surface area contributed by atoms with Crippen LogP contribution in [-0.4, -0.2) is 47.7 Å². The number of likely N-dealkylation sites (N-methyl/N-ethyl adjacent to an activating group) is 1. The summed E-state index contributed by atoms with van der Waals surface area (Å²) in [5, 5.41) is 9.03. The molecule has 2 unspecified atom stereocenters. The number of hydrogen-bond acceptors (Lipinski definition) is 3. The summed E-state index contributed by atoms with van der Waals surface area (Å²) >= 11 is 0. The Hall–Kier alpha value is -1.88. The van der Waals surface area contributed by atoms with Gasteiger partial charge in [0.05, 0.1) is 17.6 Å². The van der Waals surface area contributed by atoms with E-state index in [0.717, 1.165) is 6.42 Å². The highest BCUT2D eigenvalue weighted by Gasteiger charge is 2.59. The van der Waals surface area contributed by atoms with Gasteiger partial charge in [0.25, 0.3) is 0 Å². The number of carboxylic acids is 1. The SMILES string of the molecule is COC1(C)CC(N(C)C(=O)Cc2cccc(C(=O)O)c2)C1(C)C. The molecular weight excluding hydrogens is 294 g/mol. The number of carbonyl (C=O) groups excluding carboxylic acids is 1. The van der Waals surface area contributed by atoms with Gasteiger partial charge < -0.3 is 14.7 Å². The van der Waals surface area contributed by atoms with Crippen molar-refractivity contribution in [2.45, 2.75) is 45.3 Å². The number of nitrogens with zero attached hydrogens (tertiary/aromatic N) is 1. The number of aromatic carboxylic acids is 1. The van der Waals surface area contributed by atoms with Crippen LogP contribution in [0.4, 0.5) is 0 Å². The number of carbonyl (C=O) groups is 2. The summed E-state index contributed by atoms with van der Waals surface area (Å²) in [6, 6.07) is 6.64.